The van der Waals surface area contributed by atoms with E-state index in [0.29, 0.717) is 29.9 Å². The van der Waals surface area contributed by atoms with Crippen LogP contribution in [0, 0.1) is 0 Å². The molecule has 1 amide bonds. The SMILES string of the molecule is CCC(O)CCNc1cc(N)ccc1C(=O)NC. The first-order chi connectivity index (χ1) is 8.58. The van der Waals surface area contributed by atoms with Crippen LogP contribution in [0.2, 0.25) is 0 Å². The first-order valence-electron chi connectivity index (χ1n) is 6.12. The summed E-state index contributed by atoms with van der Waals surface area (Å²) in [6, 6.07) is 5.10. The summed E-state index contributed by atoms with van der Waals surface area (Å²) in [6.45, 7) is 2.53. The number of carbonyl (C=O) groups is 1. The van der Waals surface area contributed by atoms with Crippen molar-refractivity contribution >= 4 is 17.3 Å². The van der Waals surface area contributed by atoms with Crippen molar-refractivity contribution in [2.45, 2.75) is 25.9 Å². The number of nitrogens with two attached hydrogens (primary N) is 1. The predicted octanol–water partition coefficient (Wildman–Crippen LogP) is 1.20. The number of aliphatic hydroxyl groups excluding tert-OH is 1. The molecule has 0 saturated heterocycles. The van der Waals surface area contributed by atoms with Gasteiger partial charge in [-0.2, -0.15) is 0 Å². The third kappa shape index (κ3) is 3.92. The molecule has 0 saturated carbocycles. The molecule has 0 heterocycles. The Morgan fingerprint density at radius 1 is 1.50 bits per heavy atom. The molecule has 0 spiro atoms. The monoisotopic (exact) mass is 251 g/mol. The number of anilines is 2. The number of carbonyl (C=O) groups excluding carboxylic acids is 1. The fourth-order valence-electron chi connectivity index (χ4n) is 1.62. The van der Waals surface area contributed by atoms with Crippen LogP contribution in [0.5, 0.6) is 0 Å². The Labute approximate surface area is 107 Å². The number of hydrogen-bond donors (Lipinski definition) is 4. The number of hydrogen-bond acceptors (Lipinski definition) is 4. The van der Waals surface area contributed by atoms with Gasteiger partial charge in [-0.1, -0.05) is 6.92 Å². The third-order valence-corrected chi connectivity index (χ3v) is 2.78. The second-order valence-corrected chi connectivity index (χ2v) is 4.16. The van der Waals surface area contributed by atoms with Crippen molar-refractivity contribution in [2.75, 3.05) is 24.6 Å². The number of nitrogens with one attached hydrogen (secondary N) is 2. The molecule has 0 aliphatic rings. The normalized spacial score (nSPS) is 11.9. The number of aliphatic hydroxyl groups is 1. The van der Waals surface area contributed by atoms with Crippen molar-refractivity contribution in [3.63, 3.8) is 0 Å². The molecule has 0 radical (unpaired) electrons. The highest BCUT2D eigenvalue weighted by Gasteiger charge is 2.10. The first kappa shape index (κ1) is 14.3. The van der Waals surface area contributed by atoms with Crippen molar-refractivity contribution in [3.8, 4) is 0 Å². The number of nitrogen functional groups attached to an aromatic ring is 1. The van der Waals surface area contributed by atoms with Crippen LogP contribution in [0.15, 0.2) is 18.2 Å². The Bertz CT molecular complexity index is 407. The highest BCUT2D eigenvalue weighted by atomic mass is 16.3. The number of amides is 1. The minimum Gasteiger partial charge on any atom is -0.399 e. The Hall–Kier alpha value is -1.75. The predicted molar refractivity (Wildman–Crippen MR) is 73.6 cm³/mol. The van der Waals surface area contributed by atoms with E-state index in [1.807, 2.05) is 6.92 Å². The minimum absolute atomic E-state index is 0.159. The van der Waals surface area contributed by atoms with Crippen LogP contribution < -0.4 is 16.4 Å². The van der Waals surface area contributed by atoms with E-state index in [0.717, 1.165) is 6.42 Å². The second-order valence-electron chi connectivity index (χ2n) is 4.16. The van der Waals surface area contributed by atoms with E-state index in [1.54, 1.807) is 25.2 Å². The van der Waals surface area contributed by atoms with Gasteiger partial charge in [-0.05, 0) is 31.0 Å². The van der Waals surface area contributed by atoms with E-state index < -0.39 is 0 Å². The van der Waals surface area contributed by atoms with Crippen molar-refractivity contribution in [3.05, 3.63) is 23.8 Å². The molecule has 5 heteroatoms. The molecule has 5 N–H and O–H groups in total. The van der Waals surface area contributed by atoms with Gasteiger partial charge in [0, 0.05) is 25.0 Å². The van der Waals surface area contributed by atoms with Crippen molar-refractivity contribution in [1.82, 2.24) is 5.32 Å². The fourth-order valence-corrected chi connectivity index (χ4v) is 1.62. The average Bonchev–Trinajstić information content (AvgIpc) is 2.37. The zero-order chi connectivity index (χ0) is 13.5. The van der Waals surface area contributed by atoms with E-state index in [4.69, 9.17) is 5.73 Å². The van der Waals surface area contributed by atoms with Crippen LogP contribution >= 0.6 is 0 Å². The fraction of sp³-hybridized carbons (Fsp3) is 0.462. The third-order valence-electron chi connectivity index (χ3n) is 2.78. The molecule has 0 bridgehead atoms. The summed E-state index contributed by atoms with van der Waals surface area (Å²) in [5, 5.41) is 15.2. The summed E-state index contributed by atoms with van der Waals surface area (Å²) in [5.41, 5.74) is 7.55. The van der Waals surface area contributed by atoms with Crippen LogP contribution in [-0.2, 0) is 0 Å². The molecular weight excluding hydrogens is 230 g/mol. The standard InChI is InChI=1S/C13H21N3O2/c1-3-10(17)6-7-16-12-8-9(14)4-5-11(12)13(18)15-2/h4-5,8,10,16-17H,3,6-7,14H2,1-2H3,(H,15,18). The molecule has 5 nitrogen and oxygen atoms in total. The van der Waals surface area contributed by atoms with Crippen LogP contribution in [0.4, 0.5) is 11.4 Å². The lowest BCUT2D eigenvalue weighted by Gasteiger charge is -2.13. The molecule has 0 aliphatic carbocycles. The van der Waals surface area contributed by atoms with Crippen molar-refractivity contribution in [1.29, 1.82) is 0 Å². The molecule has 1 unspecified atom stereocenters. The highest BCUT2D eigenvalue weighted by Crippen LogP contribution is 2.19. The quantitative estimate of drug-likeness (QED) is 0.572. The molecule has 1 aromatic rings. The van der Waals surface area contributed by atoms with Crippen molar-refractivity contribution in [2.24, 2.45) is 0 Å². The van der Waals surface area contributed by atoms with Gasteiger partial charge in [-0.25, -0.2) is 0 Å². The molecule has 0 aliphatic heterocycles. The van der Waals surface area contributed by atoms with Gasteiger partial charge in [0.2, 0.25) is 0 Å². The first-order valence-corrected chi connectivity index (χ1v) is 6.12. The van der Waals surface area contributed by atoms with Gasteiger partial charge in [0.15, 0.2) is 0 Å². The summed E-state index contributed by atoms with van der Waals surface area (Å²) < 4.78 is 0. The minimum atomic E-state index is -0.318. The maximum atomic E-state index is 11.7. The highest BCUT2D eigenvalue weighted by molar-refractivity contribution is 6.00. The topological polar surface area (TPSA) is 87.4 Å². The zero-order valence-electron chi connectivity index (χ0n) is 10.9. The molecule has 1 rings (SSSR count). The molecule has 1 aromatic carbocycles. The second kappa shape index (κ2) is 6.86. The van der Waals surface area contributed by atoms with Gasteiger partial charge in [0.1, 0.15) is 0 Å². The van der Waals surface area contributed by atoms with E-state index in [-0.39, 0.29) is 12.0 Å². The van der Waals surface area contributed by atoms with E-state index in [1.165, 1.54) is 0 Å². The Morgan fingerprint density at radius 2 is 2.22 bits per heavy atom. The van der Waals surface area contributed by atoms with Crippen LogP contribution in [0.1, 0.15) is 30.1 Å². The van der Waals surface area contributed by atoms with Crippen LogP contribution in [0.25, 0.3) is 0 Å². The van der Waals surface area contributed by atoms with Gasteiger partial charge in [0.05, 0.1) is 11.7 Å². The largest absolute Gasteiger partial charge is 0.399 e. The lowest BCUT2D eigenvalue weighted by molar-refractivity contribution is 0.0964. The zero-order valence-corrected chi connectivity index (χ0v) is 10.9. The van der Waals surface area contributed by atoms with Gasteiger partial charge in [-0.15, -0.1) is 0 Å². The number of benzene rings is 1. The summed E-state index contributed by atoms with van der Waals surface area (Å²) in [6.07, 6.45) is 1.04. The molecule has 0 aromatic heterocycles. The lowest BCUT2D eigenvalue weighted by Crippen LogP contribution is -2.20. The summed E-state index contributed by atoms with van der Waals surface area (Å²) in [5.74, 6) is -0.159. The Kier molecular flexibility index (Phi) is 5.45. The van der Waals surface area contributed by atoms with E-state index in [9.17, 15) is 9.90 Å². The molecule has 18 heavy (non-hydrogen) atoms. The van der Waals surface area contributed by atoms with Gasteiger partial charge in [-0.3, -0.25) is 4.79 Å². The Morgan fingerprint density at radius 3 is 2.83 bits per heavy atom. The van der Waals surface area contributed by atoms with E-state index in [2.05, 4.69) is 10.6 Å². The number of rotatable bonds is 6. The molecular formula is C13H21N3O2. The maximum Gasteiger partial charge on any atom is 0.253 e. The average molecular weight is 251 g/mol. The lowest BCUT2D eigenvalue weighted by atomic mass is 10.1. The van der Waals surface area contributed by atoms with Gasteiger partial charge in [0.25, 0.3) is 5.91 Å². The van der Waals surface area contributed by atoms with Crippen molar-refractivity contribution < 1.29 is 9.90 Å². The van der Waals surface area contributed by atoms with E-state index >= 15 is 0 Å². The summed E-state index contributed by atoms with van der Waals surface area (Å²) in [4.78, 5) is 11.7. The molecule has 0 fully saturated rings. The summed E-state index contributed by atoms with van der Waals surface area (Å²) in [7, 11) is 1.59. The van der Waals surface area contributed by atoms with Crippen LogP contribution in [0.3, 0.4) is 0 Å². The maximum absolute atomic E-state index is 11.7. The molecule has 1 atom stereocenters. The van der Waals surface area contributed by atoms with Crippen LogP contribution in [-0.4, -0.2) is 30.7 Å². The molecule has 100 valence electrons. The van der Waals surface area contributed by atoms with Gasteiger partial charge < -0.3 is 21.5 Å². The smallest absolute Gasteiger partial charge is 0.253 e. The summed E-state index contributed by atoms with van der Waals surface area (Å²) >= 11 is 0. The Balaban J connectivity index is 2.73. The van der Waals surface area contributed by atoms with Gasteiger partial charge >= 0.3 is 0 Å².